The maximum Gasteiger partial charge on any atom is 0.421 e. The monoisotopic (exact) mass is 426 g/mol. The van der Waals surface area contributed by atoms with Crippen molar-refractivity contribution >= 4 is 5.96 Å². The number of ether oxygens (including phenoxy) is 1. The second-order valence-electron chi connectivity index (χ2n) is 7.16. The van der Waals surface area contributed by atoms with Crippen molar-refractivity contribution in [2.24, 2.45) is 12.0 Å². The van der Waals surface area contributed by atoms with Crippen molar-refractivity contribution in [3.63, 3.8) is 0 Å². The van der Waals surface area contributed by atoms with Gasteiger partial charge in [0.25, 0.3) is 0 Å². The van der Waals surface area contributed by atoms with Gasteiger partial charge in [0.1, 0.15) is 12.2 Å². The molecule has 0 aliphatic rings. The minimum Gasteiger partial charge on any atom is -0.475 e. The van der Waals surface area contributed by atoms with Crippen LogP contribution < -0.4 is 10.1 Å². The molecule has 2 heterocycles. The molecule has 0 amide bonds. The van der Waals surface area contributed by atoms with Gasteiger partial charge in [-0.05, 0) is 25.0 Å². The summed E-state index contributed by atoms with van der Waals surface area (Å²) in [5.74, 6) is 0.496. The van der Waals surface area contributed by atoms with Crippen LogP contribution in [0.3, 0.4) is 0 Å². The molecule has 7 nitrogen and oxygen atoms in total. The Balaban J connectivity index is 2.03. The molecule has 2 aromatic heterocycles. The molecule has 0 radical (unpaired) electrons. The molecule has 0 unspecified atom stereocenters. The van der Waals surface area contributed by atoms with Crippen LogP contribution in [-0.2, 0) is 19.8 Å². The zero-order chi connectivity index (χ0) is 22.3. The molecule has 10 heteroatoms. The molecule has 0 aromatic carbocycles. The maximum absolute atomic E-state index is 13.0. The summed E-state index contributed by atoms with van der Waals surface area (Å²) >= 11 is 0. The van der Waals surface area contributed by atoms with Gasteiger partial charge in [0.05, 0.1) is 12.2 Å². The van der Waals surface area contributed by atoms with Crippen molar-refractivity contribution in [3.05, 3.63) is 41.3 Å². The fourth-order valence-corrected chi connectivity index (χ4v) is 2.98. The highest BCUT2D eigenvalue weighted by molar-refractivity contribution is 5.79. The highest BCUT2D eigenvalue weighted by atomic mass is 19.4. The summed E-state index contributed by atoms with van der Waals surface area (Å²) in [6.07, 6.45) is -1.26. The average molecular weight is 426 g/mol. The van der Waals surface area contributed by atoms with Gasteiger partial charge in [-0.3, -0.25) is 4.68 Å². The summed E-state index contributed by atoms with van der Waals surface area (Å²) in [7, 11) is 3.79. The van der Waals surface area contributed by atoms with E-state index in [2.05, 4.69) is 34.2 Å². The summed E-state index contributed by atoms with van der Waals surface area (Å²) in [4.78, 5) is 10.1. The van der Waals surface area contributed by atoms with E-state index in [1.165, 1.54) is 12.3 Å². The first-order chi connectivity index (χ1) is 14.1. The first kappa shape index (κ1) is 23.5. The number of nitrogens with zero attached hydrogens (tertiary/aromatic N) is 5. The van der Waals surface area contributed by atoms with Crippen LogP contribution in [0, 0.1) is 0 Å². The average Bonchev–Trinajstić information content (AvgIpc) is 3.04. The van der Waals surface area contributed by atoms with Gasteiger partial charge in [-0.1, -0.05) is 13.8 Å². The van der Waals surface area contributed by atoms with Crippen molar-refractivity contribution in [2.75, 3.05) is 26.7 Å². The van der Waals surface area contributed by atoms with E-state index in [-0.39, 0.29) is 13.2 Å². The molecule has 2 rings (SSSR count). The molecule has 0 bridgehead atoms. The second-order valence-corrected chi connectivity index (χ2v) is 7.16. The lowest BCUT2D eigenvalue weighted by atomic mass is 10.1. The van der Waals surface area contributed by atoms with Crippen LogP contribution in [0.25, 0.3) is 0 Å². The van der Waals surface area contributed by atoms with Gasteiger partial charge < -0.3 is 15.0 Å². The fourth-order valence-electron chi connectivity index (χ4n) is 2.98. The first-order valence-corrected chi connectivity index (χ1v) is 9.80. The SMILES string of the molecule is CCNC(=NCCOc1ncccc1C(F)(F)F)N(C)Cc1cn(C)nc1C(C)C. The van der Waals surface area contributed by atoms with E-state index in [0.717, 1.165) is 17.3 Å². The Morgan fingerprint density at radius 1 is 1.37 bits per heavy atom. The number of nitrogens with one attached hydrogen (secondary N) is 1. The molecule has 166 valence electrons. The van der Waals surface area contributed by atoms with Crippen molar-refractivity contribution < 1.29 is 17.9 Å². The molecule has 30 heavy (non-hydrogen) atoms. The van der Waals surface area contributed by atoms with Gasteiger partial charge in [0.2, 0.25) is 5.88 Å². The molecule has 2 aromatic rings. The number of hydrogen-bond acceptors (Lipinski definition) is 4. The standard InChI is InChI=1S/C20H29F3N6O/c1-6-24-19(28(4)12-15-13-29(5)27-17(15)14(2)3)26-10-11-30-18-16(20(21,22)23)8-7-9-25-18/h7-9,13-14H,6,10-12H2,1-5H3,(H,24,26). The molecular formula is C20H29F3N6O. The molecule has 0 aliphatic carbocycles. The Bertz CT molecular complexity index is 847. The number of aromatic nitrogens is 3. The third-order valence-electron chi connectivity index (χ3n) is 4.26. The third-order valence-corrected chi connectivity index (χ3v) is 4.26. The lowest BCUT2D eigenvalue weighted by molar-refractivity contribution is -0.139. The minimum atomic E-state index is -4.51. The molecule has 0 aliphatic heterocycles. The van der Waals surface area contributed by atoms with E-state index in [4.69, 9.17) is 4.74 Å². The van der Waals surface area contributed by atoms with Crippen molar-refractivity contribution in [3.8, 4) is 5.88 Å². The van der Waals surface area contributed by atoms with Crippen LogP contribution in [0.1, 0.15) is 43.5 Å². The van der Waals surface area contributed by atoms with Crippen molar-refractivity contribution in [1.82, 2.24) is 25.0 Å². The van der Waals surface area contributed by atoms with Crippen molar-refractivity contribution in [1.29, 1.82) is 0 Å². The predicted molar refractivity (Wildman–Crippen MR) is 109 cm³/mol. The van der Waals surface area contributed by atoms with Gasteiger partial charge in [-0.2, -0.15) is 18.3 Å². The minimum absolute atomic E-state index is 0.0209. The van der Waals surface area contributed by atoms with E-state index in [1.807, 2.05) is 32.1 Å². The van der Waals surface area contributed by atoms with Gasteiger partial charge in [0, 0.05) is 45.1 Å². The largest absolute Gasteiger partial charge is 0.475 e. The van der Waals surface area contributed by atoms with Crippen LogP contribution in [0.15, 0.2) is 29.5 Å². The highest BCUT2D eigenvalue weighted by Crippen LogP contribution is 2.34. The Morgan fingerprint density at radius 2 is 2.10 bits per heavy atom. The Labute approximate surface area is 175 Å². The topological polar surface area (TPSA) is 67.6 Å². The summed E-state index contributed by atoms with van der Waals surface area (Å²) in [5.41, 5.74) is 1.23. The Kier molecular flexibility index (Phi) is 8.08. The number of aryl methyl sites for hydroxylation is 1. The number of pyridine rings is 1. The first-order valence-electron chi connectivity index (χ1n) is 9.80. The lowest BCUT2D eigenvalue weighted by Gasteiger charge is -2.22. The quantitative estimate of drug-likeness (QED) is 0.398. The summed E-state index contributed by atoms with van der Waals surface area (Å²) in [6, 6.07) is 2.18. The van der Waals surface area contributed by atoms with Crippen LogP contribution in [-0.4, -0.2) is 52.4 Å². The van der Waals surface area contributed by atoms with Gasteiger partial charge in [0.15, 0.2) is 5.96 Å². The summed E-state index contributed by atoms with van der Waals surface area (Å²) < 4.78 is 46.1. The van der Waals surface area contributed by atoms with E-state index in [1.54, 1.807) is 4.68 Å². The van der Waals surface area contributed by atoms with Crippen molar-refractivity contribution in [2.45, 2.75) is 39.4 Å². The number of hydrogen-bond donors (Lipinski definition) is 1. The van der Waals surface area contributed by atoms with Crippen LogP contribution >= 0.6 is 0 Å². The summed E-state index contributed by atoms with van der Waals surface area (Å²) in [5, 5.41) is 7.71. The summed E-state index contributed by atoms with van der Waals surface area (Å²) in [6.45, 7) is 7.56. The smallest absolute Gasteiger partial charge is 0.421 e. The molecule has 1 N–H and O–H groups in total. The van der Waals surface area contributed by atoms with Gasteiger partial charge >= 0.3 is 6.18 Å². The number of aliphatic imine (C=N–C) groups is 1. The van der Waals surface area contributed by atoms with Gasteiger partial charge in [-0.15, -0.1) is 0 Å². The zero-order valence-electron chi connectivity index (χ0n) is 18.0. The normalized spacial score (nSPS) is 12.4. The van der Waals surface area contributed by atoms with E-state index in [0.29, 0.717) is 25.0 Å². The Hall–Kier alpha value is -2.78. The van der Waals surface area contributed by atoms with Crippen LogP contribution in [0.2, 0.25) is 0 Å². The highest BCUT2D eigenvalue weighted by Gasteiger charge is 2.35. The number of rotatable bonds is 8. The maximum atomic E-state index is 13.0. The molecular weight excluding hydrogens is 397 g/mol. The molecule has 0 spiro atoms. The van der Waals surface area contributed by atoms with E-state index < -0.39 is 17.6 Å². The van der Waals surface area contributed by atoms with E-state index >= 15 is 0 Å². The van der Waals surface area contributed by atoms with Crippen LogP contribution in [0.5, 0.6) is 5.88 Å². The predicted octanol–water partition coefficient (Wildman–Crippen LogP) is 3.43. The Morgan fingerprint density at radius 3 is 2.73 bits per heavy atom. The van der Waals surface area contributed by atoms with Crippen LogP contribution in [0.4, 0.5) is 13.2 Å². The molecule has 0 atom stereocenters. The van der Waals surface area contributed by atoms with E-state index in [9.17, 15) is 13.2 Å². The lowest BCUT2D eigenvalue weighted by Crippen LogP contribution is -2.39. The second kappa shape index (κ2) is 10.3. The third kappa shape index (κ3) is 6.36. The zero-order valence-corrected chi connectivity index (χ0v) is 18.0. The number of guanidine groups is 1. The van der Waals surface area contributed by atoms with Gasteiger partial charge in [-0.25, -0.2) is 9.98 Å². The number of halogens is 3. The molecule has 0 saturated carbocycles. The molecule has 0 saturated heterocycles. The fraction of sp³-hybridized carbons (Fsp3) is 0.550. The number of alkyl halides is 3. The molecule has 0 fully saturated rings.